The number of fused-ring (bicyclic) bond motifs is 1. The number of ether oxygens (including phenoxy) is 1. The van der Waals surface area contributed by atoms with Crippen LogP contribution < -0.4 is 0 Å². The molecule has 2 aromatic heterocycles. The topological polar surface area (TPSA) is 56.5 Å². The number of methoxy groups -OCH3 is 1. The molecule has 0 saturated carbocycles. The maximum atomic E-state index is 11.1. The summed E-state index contributed by atoms with van der Waals surface area (Å²) in [6, 6.07) is 3.10. The second-order valence-electron chi connectivity index (χ2n) is 2.57. The summed E-state index contributed by atoms with van der Waals surface area (Å²) in [5.74, 6) is -0.494. The molecule has 0 aliphatic heterocycles. The maximum absolute atomic E-state index is 11.1. The second-order valence-corrected chi connectivity index (χ2v) is 2.96. The van der Waals surface area contributed by atoms with Crippen LogP contribution in [0.4, 0.5) is 0 Å². The molecule has 6 heteroatoms. The van der Waals surface area contributed by atoms with E-state index in [9.17, 15) is 4.79 Å². The molecule has 0 aliphatic rings. The highest BCUT2D eigenvalue weighted by molar-refractivity contribution is 6.29. The molecule has 0 amide bonds. The minimum absolute atomic E-state index is 0.210. The van der Waals surface area contributed by atoms with Crippen molar-refractivity contribution < 1.29 is 9.53 Å². The van der Waals surface area contributed by atoms with Crippen LogP contribution in [0.15, 0.2) is 18.3 Å². The summed E-state index contributed by atoms with van der Waals surface area (Å²) < 4.78 is 5.98. The van der Waals surface area contributed by atoms with Crippen molar-refractivity contribution in [2.45, 2.75) is 0 Å². The predicted molar refractivity (Wildman–Crippen MR) is 49.3 cm³/mol. The zero-order valence-electron chi connectivity index (χ0n) is 7.27. The summed E-state index contributed by atoms with van der Waals surface area (Å²) in [6.45, 7) is 0. The van der Waals surface area contributed by atoms with Crippen molar-refractivity contribution in [2.24, 2.45) is 0 Å². The van der Waals surface area contributed by atoms with E-state index in [0.717, 1.165) is 0 Å². The zero-order chi connectivity index (χ0) is 10.1. The summed E-state index contributed by atoms with van der Waals surface area (Å²) in [5.41, 5.74) is 0.722. The summed E-state index contributed by atoms with van der Waals surface area (Å²) >= 11 is 5.67. The van der Waals surface area contributed by atoms with E-state index in [1.54, 1.807) is 12.3 Å². The van der Waals surface area contributed by atoms with E-state index < -0.39 is 5.97 Å². The van der Waals surface area contributed by atoms with Gasteiger partial charge in [0.15, 0.2) is 11.3 Å². The number of hydrogen-bond donors (Lipinski definition) is 0. The summed E-state index contributed by atoms with van der Waals surface area (Å²) in [7, 11) is 1.30. The van der Waals surface area contributed by atoms with Gasteiger partial charge < -0.3 is 4.74 Å². The Labute approximate surface area is 84.3 Å². The van der Waals surface area contributed by atoms with E-state index in [2.05, 4.69) is 14.8 Å². The number of hydrogen-bond acceptors (Lipinski definition) is 4. The van der Waals surface area contributed by atoms with Crippen molar-refractivity contribution in [3.05, 3.63) is 29.2 Å². The maximum Gasteiger partial charge on any atom is 0.358 e. The van der Waals surface area contributed by atoms with Gasteiger partial charge in [-0.25, -0.2) is 14.3 Å². The first-order chi connectivity index (χ1) is 6.70. The zero-order valence-corrected chi connectivity index (χ0v) is 8.02. The molecule has 0 aliphatic carbocycles. The molecular formula is C8H6ClN3O2. The van der Waals surface area contributed by atoms with Crippen LogP contribution >= 0.6 is 11.6 Å². The Morgan fingerprint density at radius 1 is 1.64 bits per heavy atom. The van der Waals surface area contributed by atoms with Gasteiger partial charge in [-0.3, -0.25) is 0 Å². The van der Waals surface area contributed by atoms with Crippen molar-refractivity contribution in [1.29, 1.82) is 0 Å². The molecule has 0 spiro atoms. The van der Waals surface area contributed by atoms with Crippen LogP contribution in [0, 0.1) is 0 Å². The fraction of sp³-hybridized carbons (Fsp3) is 0.125. The number of rotatable bonds is 1. The molecule has 5 nitrogen and oxygen atoms in total. The molecule has 0 fully saturated rings. The van der Waals surface area contributed by atoms with Crippen molar-refractivity contribution in [3.8, 4) is 0 Å². The smallest absolute Gasteiger partial charge is 0.358 e. The van der Waals surface area contributed by atoms with Gasteiger partial charge in [0.1, 0.15) is 5.15 Å². The van der Waals surface area contributed by atoms with Crippen LogP contribution in [-0.4, -0.2) is 27.7 Å². The number of carbonyl (C=O) groups excluding carboxylic acids is 1. The van der Waals surface area contributed by atoms with E-state index in [1.165, 1.54) is 17.7 Å². The molecule has 2 rings (SSSR count). The highest BCUT2D eigenvalue weighted by Gasteiger charge is 2.11. The van der Waals surface area contributed by atoms with Gasteiger partial charge in [-0.1, -0.05) is 11.6 Å². The van der Waals surface area contributed by atoms with E-state index >= 15 is 0 Å². The van der Waals surface area contributed by atoms with Crippen LogP contribution in [-0.2, 0) is 4.74 Å². The SMILES string of the molecule is COC(=O)c1cc2nc(Cl)ccn2n1. The Kier molecular flexibility index (Phi) is 2.09. The minimum Gasteiger partial charge on any atom is -0.464 e. The number of esters is 1. The summed E-state index contributed by atoms with van der Waals surface area (Å²) in [4.78, 5) is 15.1. The predicted octanol–water partition coefficient (Wildman–Crippen LogP) is 1.17. The molecule has 0 N–H and O–H groups in total. The van der Waals surface area contributed by atoms with Gasteiger partial charge >= 0.3 is 5.97 Å². The molecule has 0 bridgehead atoms. The van der Waals surface area contributed by atoms with Gasteiger partial charge in [-0.15, -0.1) is 0 Å². The molecule has 2 heterocycles. The molecule has 0 saturated heterocycles. The molecule has 72 valence electrons. The van der Waals surface area contributed by atoms with Gasteiger partial charge in [0.25, 0.3) is 0 Å². The molecular weight excluding hydrogens is 206 g/mol. The first-order valence-electron chi connectivity index (χ1n) is 3.81. The lowest BCUT2D eigenvalue weighted by molar-refractivity contribution is 0.0593. The molecule has 0 radical (unpaired) electrons. The molecule has 0 unspecified atom stereocenters. The van der Waals surface area contributed by atoms with Crippen molar-refractivity contribution >= 4 is 23.2 Å². The minimum atomic E-state index is -0.494. The van der Waals surface area contributed by atoms with Crippen LogP contribution in [0.1, 0.15) is 10.5 Å². The second kappa shape index (κ2) is 3.26. The average molecular weight is 212 g/mol. The Hall–Kier alpha value is -1.62. The summed E-state index contributed by atoms with van der Waals surface area (Å²) in [6.07, 6.45) is 1.62. The standard InChI is InChI=1S/C8H6ClN3O2/c1-14-8(13)5-4-7-10-6(9)2-3-12(7)11-5/h2-4H,1H3. The summed E-state index contributed by atoms with van der Waals surface area (Å²) in [5, 5.41) is 4.30. The molecule has 0 aromatic carbocycles. The number of aromatic nitrogens is 3. The number of carbonyl (C=O) groups is 1. The Balaban J connectivity index is 2.56. The first kappa shape index (κ1) is 8.96. The monoisotopic (exact) mass is 211 g/mol. The first-order valence-corrected chi connectivity index (χ1v) is 4.19. The number of halogens is 1. The average Bonchev–Trinajstić information content (AvgIpc) is 2.59. The quantitative estimate of drug-likeness (QED) is 0.525. The molecule has 0 atom stereocenters. The van der Waals surface area contributed by atoms with Crippen LogP contribution in [0.2, 0.25) is 5.15 Å². The highest BCUT2D eigenvalue weighted by atomic mass is 35.5. The van der Waals surface area contributed by atoms with Crippen LogP contribution in [0.5, 0.6) is 0 Å². The van der Waals surface area contributed by atoms with Gasteiger partial charge in [-0.2, -0.15) is 5.10 Å². The van der Waals surface area contributed by atoms with Crippen LogP contribution in [0.3, 0.4) is 0 Å². The third-order valence-corrected chi connectivity index (χ3v) is 1.90. The van der Waals surface area contributed by atoms with E-state index in [0.29, 0.717) is 10.8 Å². The van der Waals surface area contributed by atoms with E-state index in [-0.39, 0.29) is 5.69 Å². The fourth-order valence-corrected chi connectivity index (χ4v) is 1.20. The van der Waals surface area contributed by atoms with Gasteiger partial charge in [0.05, 0.1) is 7.11 Å². The highest BCUT2D eigenvalue weighted by Crippen LogP contribution is 2.09. The van der Waals surface area contributed by atoms with E-state index in [4.69, 9.17) is 11.6 Å². The Morgan fingerprint density at radius 3 is 3.14 bits per heavy atom. The van der Waals surface area contributed by atoms with Gasteiger partial charge in [-0.05, 0) is 6.07 Å². The third-order valence-electron chi connectivity index (χ3n) is 1.69. The lowest BCUT2D eigenvalue weighted by Crippen LogP contribution is -2.01. The van der Waals surface area contributed by atoms with E-state index in [1.807, 2.05) is 0 Å². The van der Waals surface area contributed by atoms with Crippen molar-refractivity contribution in [2.75, 3.05) is 7.11 Å². The van der Waals surface area contributed by atoms with Crippen molar-refractivity contribution in [1.82, 2.24) is 14.6 Å². The van der Waals surface area contributed by atoms with Crippen LogP contribution in [0.25, 0.3) is 5.65 Å². The third kappa shape index (κ3) is 1.42. The lowest BCUT2D eigenvalue weighted by atomic mass is 10.4. The Bertz CT molecular complexity index is 494. The fourth-order valence-electron chi connectivity index (χ4n) is 1.06. The Morgan fingerprint density at radius 2 is 2.43 bits per heavy atom. The molecule has 14 heavy (non-hydrogen) atoms. The van der Waals surface area contributed by atoms with Crippen molar-refractivity contribution in [3.63, 3.8) is 0 Å². The van der Waals surface area contributed by atoms with Gasteiger partial charge in [0, 0.05) is 12.3 Å². The number of nitrogens with zero attached hydrogens (tertiary/aromatic N) is 3. The molecule has 2 aromatic rings. The normalized spacial score (nSPS) is 10.4. The van der Waals surface area contributed by atoms with Gasteiger partial charge in [0.2, 0.25) is 0 Å². The lowest BCUT2D eigenvalue weighted by Gasteiger charge is -1.91. The largest absolute Gasteiger partial charge is 0.464 e.